The SMILES string of the molecule is CCNCc1ccc(S(=O)(=O)NC2CC(C)CC(C)C2)o1. The molecule has 0 aliphatic heterocycles. The second-order valence-corrected chi connectivity index (χ2v) is 7.88. The highest BCUT2D eigenvalue weighted by Gasteiger charge is 2.29. The van der Waals surface area contributed by atoms with E-state index in [4.69, 9.17) is 4.42 Å². The van der Waals surface area contributed by atoms with Gasteiger partial charge in [0.15, 0.2) is 0 Å². The summed E-state index contributed by atoms with van der Waals surface area (Å²) in [6, 6.07) is 3.25. The predicted molar refractivity (Wildman–Crippen MR) is 82.4 cm³/mol. The molecule has 1 aromatic heterocycles. The van der Waals surface area contributed by atoms with Crippen LogP contribution in [0.3, 0.4) is 0 Å². The smallest absolute Gasteiger partial charge is 0.274 e. The van der Waals surface area contributed by atoms with Gasteiger partial charge in [0.05, 0.1) is 6.54 Å². The molecule has 0 amide bonds. The average molecular weight is 314 g/mol. The Balaban J connectivity index is 2.02. The lowest BCUT2D eigenvalue weighted by Crippen LogP contribution is -2.39. The number of furan rings is 1. The van der Waals surface area contributed by atoms with E-state index in [9.17, 15) is 8.42 Å². The fourth-order valence-electron chi connectivity index (χ4n) is 3.17. The van der Waals surface area contributed by atoms with Crippen molar-refractivity contribution in [2.24, 2.45) is 11.8 Å². The van der Waals surface area contributed by atoms with E-state index >= 15 is 0 Å². The molecule has 120 valence electrons. The molecule has 2 rings (SSSR count). The molecule has 0 aromatic carbocycles. The zero-order valence-electron chi connectivity index (χ0n) is 13.1. The third-order valence-corrected chi connectivity index (χ3v) is 5.34. The molecular formula is C15H26N2O3S. The van der Waals surface area contributed by atoms with Crippen LogP contribution in [0.15, 0.2) is 21.6 Å². The molecule has 1 aliphatic rings. The van der Waals surface area contributed by atoms with Crippen molar-refractivity contribution in [1.29, 1.82) is 0 Å². The normalized spacial score (nSPS) is 26.9. The number of rotatable bonds is 6. The molecule has 2 atom stereocenters. The molecule has 1 aromatic rings. The highest BCUT2D eigenvalue weighted by molar-refractivity contribution is 7.89. The maximum absolute atomic E-state index is 12.4. The number of sulfonamides is 1. The van der Waals surface area contributed by atoms with Gasteiger partial charge in [-0.2, -0.15) is 0 Å². The van der Waals surface area contributed by atoms with Gasteiger partial charge < -0.3 is 9.73 Å². The van der Waals surface area contributed by atoms with Crippen molar-refractivity contribution < 1.29 is 12.8 Å². The minimum atomic E-state index is -3.56. The molecule has 2 unspecified atom stereocenters. The second-order valence-electron chi connectivity index (χ2n) is 6.24. The number of hydrogen-bond acceptors (Lipinski definition) is 4. The lowest BCUT2D eigenvalue weighted by Gasteiger charge is -2.31. The van der Waals surface area contributed by atoms with Crippen LogP contribution in [-0.2, 0) is 16.6 Å². The molecule has 0 radical (unpaired) electrons. The Labute approximate surface area is 127 Å². The molecule has 1 fully saturated rings. The minimum absolute atomic E-state index is 0.0102. The van der Waals surface area contributed by atoms with Crippen LogP contribution in [0.5, 0.6) is 0 Å². The van der Waals surface area contributed by atoms with Crippen molar-refractivity contribution in [3.63, 3.8) is 0 Å². The number of hydrogen-bond donors (Lipinski definition) is 2. The molecule has 0 spiro atoms. The van der Waals surface area contributed by atoms with Gasteiger partial charge in [0.2, 0.25) is 5.09 Å². The van der Waals surface area contributed by atoms with Crippen LogP contribution in [0.2, 0.25) is 0 Å². The van der Waals surface area contributed by atoms with E-state index in [-0.39, 0.29) is 11.1 Å². The summed E-state index contributed by atoms with van der Waals surface area (Å²) in [5.74, 6) is 1.76. The Morgan fingerprint density at radius 2 is 1.86 bits per heavy atom. The quantitative estimate of drug-likeness (QED) is 0.846. The summed E-state index contributed by atoms with van der Waals surface area (Å²) in [7, 11) is -3.56. The molecule has 0 saturated heterocycles. The van der Waals surface area contributed by atoms with E-state index in [2.05, 4.69) is 23.9 Å². The van der Waals surface area contributed by atoms with Gasteiger partial charge in [-0.1, -0.05) is 20.8 Å². The van der Waals surface area contributed by atoms with Crippen molar-refractivity contribution in [3.05, 3.63) is 17.9 Å². The van der Waals surface area contributed by atoms with Crippen LogP contribution >= 0.6 is 0 Å². The zero-order valence-corrected chi connectivity index (χ0v) is 13.9. The van der Waals surface area contributed by atoms with Crippen molar-refractivity contribution >= 4 is 10.0 Å². The summed E-state index contributed by atoms with van der Waals surface area (Å²) in [6.07, 6.45) is 2.97. The van der Waals surface area contributed by atoms with E-state index in [0.717, 1.165) is 19.4 Å². The first-order valence-electron chi connectivity index (χ1n) is 7.72. The Morgan fingerprint density at radius 3 is 2.48 bits per heavy atom. The summed E-state index contributed by atoms with van der Waals surface area (Å²) in [5, 5.41) is 3.13. The summed E-state index contributed by atoms with van der Waals surface area (Å²) in [4.78, 5) is 0. The average Bonchev–Trinajstić information content (AvgIpc) is 2.84. The number of nitrogens with one attached hydrogen (secondary N) is 2. The third kappa shape index (κ3) is 4.56. The van der Waals surface area contributed by atoms with Gasteiger partial charge >= 0.3 is 0 Å². The first-order valence-corrected chi connectivity index (χ1v) is 9.20. The van der Waals surface area contributed by atoms with Crippen LogP contribution in [-0.4, -0.2) is 21.0 Å². The maximum Gasteiger partial charge on any atom is 0.274 e. The summed E-state index contributed by atoms with van der Waals surface area (Å²) < 4.78 is 33.0. The van der Waals surface area contributed by atoms with Crippen LogP contribution in [0.4, 0.5) is 0 Å². The van der Waals surface area contributed by atoms with Gasteiger partial charge in [-0.05, 0) is 49.8 Å². The summed E-state index contributed by atoms with van der Waals surface area (Å²) in [5.41, 5.74) is 0. The first-order chi connectivity index (χ1) is 9.90. The van der Waals surface area contributed by atoms with E-state index in [1.54, 1.807) is 6.07 Å². The molecule has 1 heterocycles. The molecule has 0 bridgehead atoms. The Hall–Kier alpha value is -0.850. The van der Waals surface area contributed by atoms with E-state index in [1.165, 1.54) is 12.5 Å². The molecule has 5 nitrogen and oxygen atoms in total. The highest BCUT2D eigenvalue weighted by atomic mass is 32.2. The van der Waals surface area contributed by atoms with Crippen LogP contribution in [0.1, 0.15) is 45.8 Å². The topological polar surface area (TPSA) is 71.3 Å². The Bertz CT molecular complexity index is 543. The largest absolute Gasteiger partial charge is 0.447 e. The fraction of sp³-hybridized carbons (Fsp3) is 0.733. The lowest BCUT2D eigenvalue weighted by atomic mass is 9.81. The van der Waals surface area contributed by atoms with E-state index in [0.29, 0.717) is 24.1 Å². The van der Waals surface area contributed by atoms with Crippen molar-refractivity contribution in [2.45, 2.75) is 57.7 Å². The van der Waals surface area contributed by atoms with Crippen LogP contribution < -0.4 is 10.0 Å². The molecule has 2 N–H and O–H groups in total. The monoisotopic (exact) mass is 314 g/mol. The Morgan fingerprint density at radius 1 is 1.19 bits per heavy atom. The van der Waals surface area contributed by atoms with Gasteiger partial charge in [0, 0.05) is 6.04 Å². The lowest BCUT2D eigenvalue weighted by molar-refractivity contribution is 0.256. The predicted octanol–water partition coefficient (Wildman–Crippen LogP) is 2.49. The molecule has 6 heteroatoms. The van der Waals surface area contributed by atoms with Crippen LogP contribution in [0, 0.1) is 11.8 Å². The minimum Gasteiger partial charge on any atom is -0.447 e. The van der Waals surface area contributed by atoms with E-state index < -0.39 is 10.0 Å². The third-order valence-electron chi connectivity index (χ3n) is 3.95. The molecule has 21 heavy (non-hydrogen) atoms. The fourth-order valence-corrected chi connectivity index (χ4v) is 4.38. The summed E-state index contributed by atoms with van der Waals surface area (Å²) in [6.45, 7) is 7.71. The zero-order chi connectivity index (χ0) is 15.5. The van der Waals surface area contributed by atoms with E-state index in [1.807, 2.05) is 6.92 Å². The van der Waals surface area contributed by atoms with Crippen molar-refractivity contribution in [2.75, 3.05) is 6.54 Å². The highest BCUT2D eigenvalue weighted by Crippen LogP contribution is 2.29. The second kappa shape index (κ2) is 6.94. The standard InChI is InChI=1S/C15H26N2O3S/c1-4-16-10-14-5-6-15(20-14)21(18,19)17-13-8-11(2)7-12(3)9-13/h5-6,11-13,16-17H,4,7-10H2,1-3H3. The van der Waals surface area contributed by atoms with Gasteiger partial charge in [-0.3, -0.25) is 0 Å². The molecule has 1 saturated carbocycles. The molecule has 1 aliphatic carbocycles. The first kappa shape index (κ1) is 16.5. The maximum atomic E-state index is 12.4. The van der Waals surface area contributed by atoms with Gasteiger partial charge in [-0.25, -0.2) is 13.1 Å². The summed E-state index contributed by atoms with van der Waals surface area (Å²) >= 11 is 0. The van der Waals surface area contributed by atoms with Gasteiger partial charge in [0.25, 0.3) is 10.0 Å². The van der Waals surface area contributed by atoms with Crippen LogP contribution in [0.25, 0.3) is 0 Å². The van der Waals surface area contributed by atoms with Gasteiger partial charge in [0.1, 0.15) is 5.76 Å². The van der Waals surface area contributed by atoms with Crippen molar-refractivity contribution in [3.8, 4) is 0 Å². The van der Waals surface area contributed by atoms with Gasteiger partial charge in [-0.15, -0.1) is 0 Å². The van der Waals surface area contributed by atoms with Crippen molar-refractivity contribution in [1.82, 2.24) is 10.0 Å². The Kier molecular flexibility index (Phi) is 5.46. The molecular weight excluding hydrogens is 288 g/mol.